The van der Waals surface area contributed by atoms with E-state index in [1.54, 1.807) is 30.4 Å². The topological polar surface area (TPSA) is 46.2 Å². The quantitative estimate of drug-likeness (QED) is 0.502. The first-order chi connectivity index (χ1) is 14.0. The molecule has 0 aliphatic rings. The average Bonchev–Trinajstić information content (AvgIpc) is 2.72. The van der Waals surface area contributed by atoms with Crippen molar-refractivity contribution in [1.82, 2.24) is 5.32 Å². The molecule has 29 heavy (non-hydrogen) atoms. The van der Waals surface area contributed by atoms with Crippen LogP contribution in [0.1, 0.15) is 44.2 Å². The molecule has 1 amide bonds. The third-order valence-corrected chi connectivity index (χ3v) is 4.49. The standard InChI is InChI=1S/C25H26ClNO2/c1-3-4-8-19(2)17-24(28)23(18-21-9-6-5-7-10-21)27-25(29)16-13-20-11-14-22(26)15-12-20/h5-7,9-18H,3-4,8H2,1-2H3,(H,27,29)/b16-13+,19-17+,23-18-. The fourth-order valence-corrected chi connectivity index (χ4v) is 2.76. The van der Waals surface area contributed by atoms with Gasteiger partial charge in [-0.1, -0.05) is 73.0 Å². The molecule has 2 aromatic carbocycles. The summed E-state index contributed by atoms with van der Waals surface area (Å²) in [5.41, 5.74) is 2.94. The van der Waals surface area contributed by atoms with E-state index in [0.717, 1.165) is 36.0 Å². The van der Waals surface area contributed by atoms with Crippen molar-refractivity contribution in [3.05, 3.63) is 94.2 Å². The molecule has 4 heteroatoms. The van der Waals surface area contributed by atoms with Crippen molar-refractivity contribution in [3.63, 3.8) is 0 Å². The van der Waals surface area contributed by atoms with E-state index in [0.29, 0.717) is 5.02 Å². The molecule has 2 aromatic rings. The predicted molar refractivity (Wildman–Crippen MR) is 121 cm³/mol. The Morgan fingerprint density at radius 1 is 1.00 bits per heavy atom. The fraction of sp³-hybridized carbons (Fsp3) is 0.200. The summed E-state index contributed by atoms with van der Waals surface area (Å²) >= 11 is 5.87. The van der Waals surface area contributed by atoms with Crippen LogP contribution in [-0.2, 0) is 9.59 Å². The highest BCUT2D eigenvalue weighted by Gasteiger charge is 2.10. The number of hydrogen-bond acceptors (Lipinski definition) is 2. The van der Waals surface area contributed by atoms with Crippen molar-refractivity contribution in [2.24, 2.45) is 0 Å². The Kier molecular flexibility index (Phi) is 9.13. The highest BCUT2D eigenvalue weighted by atomic mass is 35.5. The predicted octanol–water partition coefficient (Wildman–Crippen LogP) is 6.22. The lowest BCUT2D eigenvalue weighted by molar-refractivity contribution is -0.118. The maximum atomic E-state index is 12.8. The van der Waals surface area contributed by atoms with Crippen LogP contribution in [-0.4, -0.2) is 11.7 Å². The number of halogens is 1. The zero-order valence-corrected chi connectivity index (χ0v) is 17.6. The molecule has 0 spiro atoms. The molecular weight excluding hydrogens is 382 g/mol. The summed E-state index contributed by atoms with van der Waals surface area (Å²) in [7, 11) is 0. The molecule has 0 atom stereocenters. The molecule has 1 N–H and O–H groups in total. The largest absolute Gasteiger partial charge is 0.319 e. The van der Waals surface area contributed by atoms with Crippen LogP contribution in [0.25, 0.3) is 12.2 Å². The lowest BCUT2D eigenvalue weighted by Gasteiger charge is -2.07. The van der Waals surface area contributed by atoms with Gasteiger partial charge in [-0.25, -0.2) is 0 Å². The van der Waals surface area contributed by atoms with Crippen molar-refractivity contribution in [3.8, 4) is 0 Å². The molecule has 0 aromatic heterocycles. The SMILES string of the molecule is CCCC/C(C)=C/C(=O)/C(=C/c1ccccc1)NC(=O)/C=C/c1ccc(Cl)cc1. The lowest BCUT2D eigenvalue weighted by Crippen LogP contribution is -2.25. The minimum absolute atomic E-state index is 0.212. The van der Waals surface area contributed by atoms with Crippen LogP contribution >= 0.6 is 11.6 Å². The Hall–Kier alpha value is -2.91. The number of allylic oxidation sites excluding steroid dienone is 2. The van der Waals surface area contributed by atoms with Gasteiger partial charge in [0.1, 0.15) is 0 Å². The summed E-state index contributed by atoms with van der Waals surface area (Å²) < 4.78 is 0. The Morgan fingerprint density at radius 2 is 1.69 bits per heavy atom. The minimum atomic E-state index is -0.366. The lowest BCUT2D eigenvalue weighted by atomic mass is 10.1. The minimum Gasteiger partial charge on any atom is -0.319 e. The van der Waals surface area contributed by atoms with Gasteiger partial charge in [0, 0.05) is 11.1 Å². The number of rotatable bonds is 9. The molecule has 0 bridgehead atoms. The number of amides is 1. The second-order valence-corrected chi connectivity index (χ2v) is 7.24. The van der Waals surface area contributed by atoms with Crippen molar-refractivity contribution in [2.45, 2.75) is 33.1 Å². The molecule has 0 unspecified atom stereocenters. The molecule has 2 rings (SSSR count). The Morgan fingerprint density at radius 3 is 2.34 bits per heavy atom. The van der Waals surface area contributed by atoms with E-state index in [9.17, 15) is 9.59 Å². The second kappa shape index (κ2) is 11.8. The molecule has 150 valence electrons. The average molecular weight is 408 g/mol. The van der Waals surface area contributed by atoms with Crippen molar-refractivity contribution >= 4 is 35.4 Å². The van der Waals surface area contributed by atoms with Gasteiger partial charge < -0.3 is 5.32 Å². The number of unbranched alkanes of at least 4 members (excludes halogenated alkanes) is 1. The van der Waals surface area contributed by atoms with Gasteiger partial charge in [0.05, 0.1) is 5.70 Å². The van der Waals surface area contributed by atoms with Crippen LogP contribution in [0.2, 0.25) is 5.02 Å². The maximum Gasteiger partial charge on any atom is 0.248 e. The fourth-order valence-electron chi connectivity index (χ4n) is 2.63. The van der Waals surface area contributed by atoms with Gasteiger partial charge >= 0.3 is 0 Å². The van der Waals surface area contributed by atoms with E-state index in [-0.39, 0.29) is 17.4 Å². The van der Waals surface area contributed by atoms with E-state index >= 15 is 0 Å². The van der Waals surface area contributed by atoms with Crippen LogP contribution in [0, 0.1) is 0 Å². The van der Waals surface area contributed by atoms with Crippen LogP contribution in [0.5, 0.6) is 0 Å². The molecular formula is C25H26ClNO2. The number of ketones is 1. The van der Waals surface area contributed by atoms with Gasteiger partial charge in [-0.05, 0) is 61.3 Å². The third-order valence-electron chi connectivity index (χ3n) is 4.23. The van der Waals surface area contributed by atoms with Crippen molar-refractivity contribution < 1.29 is 9.59 Å². The molecule has 0 aliphatic carbocycles. The number of carbonyl (C=O) groups excluding carboxylic acids is 2. The van der Waals surface area contributed by atoms with E-state index < -0.39 is 0 Å². The van der Waals surface area contributed by atoms with Gasteiger partial charge in [0.2, 0.25) is 11.7 Å². The Labute approximate surface area is 177 Å². The molecule has 0 saturated carbocycles. The molecule has 0 radical (unpaired) electrons. The molecule has 0 heterocycles. The zero-order valence-electron chi connectivity index (χ0n) is 16.8. The van der Waals surface area contributed by atoms with Gasteiger partial charge in [-0.3, -0.25) is 9.59 Å². The summed E-state index contributed by atoms with van der Waals surface area (Å²) in [6.45, 7) is 4.05. The van der Waals surface area contributed by atoms with Gasteiger partial charge in [0.25, 0.3) is 0 Å². The molecule has 3 nitrogen and oxygen atoms in total. The van der Waals surface area contributed by atoms with E-state index in [1.165, 1.54) is 6.08 Å². The first-order valence-electron chi connectivity index (χ1n) is 9.71. The molecule has 0 saturated heterocycles. The zero-order chi connectivity index (χ0) is 21.1. The summed E-state index contributed by atoms with van der Waals surface area (Å²) in [6, 6.07) is 16.6. The summed E-state index contributed by atoms with van der Waals surface area (Å²) in [4.78, 5) is 25.2. The summed E-state index contributed by atoms with van der Waals surface area (Å²) in [5, 5.41) is 3.36. The first kappa shape index (κ1) is 22.4. The summed E-state index contributed by atoms with van der Waals surface area (Å²) in [6.07, 6.45) is 9.35. The van der Waals surface area contributed by atoms with E-state index in [4.69, 9.17) is 11.6 Å². The monoisotopic (exact) mass is 407 g/mol. The number of benzene rings is 2. The van der Waals surface area contributed by atoms with Gasteiger partial charge in [-0.15, -0.1) is 0 Å². The van der Waals surface area contributed by atoms with Crippen LogP contribution in [0.3, 0.4) is 0 Å². The number of hydrogen-bond donors (Lipinski definition) is 1. The second-order valence-electron chi connectivity index (χ2n) is 6.80. The summed E-state index contributed by atoms with van der Waals surface area (Å²) in [5.74, 6) is -0.578. The van der Waals surface area contributed by atoms with Crippen LogP contribution < -0.4 is 5.32 Å². The van der Waals surface area contributed by atoms with Gasteiger partial charge in [0.15, 0.2) is 0 Å². The van der Waals surface area contributed by atoms with E-state index in [2.05, 4.69) is 12.2 Å². The third kappa shape index (κ3) is 8.32. The van der Waals surface area contributed by atoms with Gasteiger partial charge in [-0.2, -0.15) is 0 Å². The first-order valence-corrected chi connectivity index (χ1v) is 10.1. The van der Waals surface area contributed by atoms with Crippen LogP contribution in [0.15, 0.2) is 78.0 Å². The smallest absolute Gasteiger partial charge is 0.248 e. The Bertz CT molecular complexity index is 910. The number of carbonyl (C=O) groups is 2. The highest BCUT2D eigenvalue weighted by molar-refractivity contribution is 6.30. The van der Waals surface area contributed by atoms with E-state index in [1.807, 2.05) is 49.4 Å². The van der Waals surface area contributed by atoms with Crippen LogP contribution in [0.4, 0.5) is 0 Å². The van der Waals surface area contributed by atoms with Crippen molar-refractivity contribution in [1.29, 1.82) is 0 Å². The maximum absolute atomic E-state index is 12.8. The highest BCUT2D eigenvalue weighted by Crippen LogP contribution is 2.12. The molecule has 0 fully saturated rings. The number of nitrogens with one attached hydrogen (secondary N) is 1. The normalized spacial score (nSPS) is 12.2. The molecule has 0 aliphatic heterocycles. The Balaban J connectivity index is 2.18. The van der Waals surface area contributed by atoms with Crippen molar-refractivity contribution in [2.75, 3.05) is 0 Å².